The van der Waals surface area contributed by atoms with Gasteiger partial charge >= 0.3 is 5.97 Å². The predicted octanol–water partition coefficient (Wildman–Crippen LogP) is 5.92. The maximum atomic E-state index is 11.1. The van der Waals surface area contributed by atoms with Crippen molar-refractivity contribution >= 4 is 5.97 Å². The SMILES string of the molecule is C=C[C@H]1CC[C@H]2[C@@H]3CC[C@H]4CC(CC(=O)O)CC[C@]4(C)[C@H]3CC[C@]12C. The van der Waals surface area contributed by atoms with Gasteiger partial charge in [0.15, 0.2) is 0 Å². The van der Waals surface area contributed by atoms with E-state index in [0.29, 0.717) is 23.2 Å². The number of rotatable bonds is 3. The smallest absolute Gasteiger partial charge is 0.303 e. The van der Waals surface area contributed by atoms with Crippen molar-refractivity contribution in [1.29, 1.82) is 0 Å². The van der Waals surface area contributed by atoms with Crippen LogP contribution in [0, 0.1) is 46.3 Å². The Kier molecular flexibility index (Phi) is 4.32. The molecule has 1 unspecified atom stereocenters. The van der Waals surface area contributed by atoms with E-state index < -0.39 is 5.97 Å². The van der Waals surface area contributed by atoms with Crippen molar-refractivity contribution in [3.8, 4) is 0 Å². The van der Waals surface area contributed by atoms with Gasteiger partial charge in [-0.2, -0.15) is 0 Å². The first-order valence-electron chi connectivity index (χ1n) is 10.7. The summed E-state index contributed by atoms with van der Waals surface area (Å²) in [6, 6.07) is 0. The fourth-order valence-corrected chi connectivity index (χ4v) is 8.21. The zero-order valence-corrected chi connectivity index (χ0v) is 16.2. The van der Waals surface area contributed by atoms with Gasteiger partial charge in [-0.05, 0) is 104 Å². The van der Waals surface area contributed by atoms with Gasteiger partial charge in [0.25, 0.3) is 0 Å². The van der Waals surface area contributed by atoms with E-state index in [9.17, 15) is 9.90 Å². The summed E-state index contributed by atoms with van der Waals surface area (Å²) in [7, 11) is 0. The molecule has 0 radical (unpaired) electrons. The van der Waals surface area contributed by atoms with Crippen LogP contribution in [0.4, 0.5) is 0 Å². The second kappa shape index (κ2) is 6.13. The van der Waals surface area contributed by atoms with Crippen LogP contribution in [0.2, 0.25) is 0 Å². The van der Waals surface area contributed by atoms with E-state index in [1.54, 1.807) is 0 Å². The second-order valence-corrected chi connectivity index (χ2v) is 10.4. The van der Waals surface area contributed by atoms with Crippen molar-refractivity contribution in [2.45, 2.75) is 78.1 Å². The zero-order valence-electron chi connectivity index (χ0n) is 16.2. The zero-order chi connectivity index (χ0) is 17.8. The summed E-state index contributed by atoms with van der Waals surface area (Å²) < 4.78 is 0. The standard InChI is InChI=1S/C23H36O2/c1-4-16-6-8-19-18-7-5-17-13-15(14-21(24)25)9-11-23(17,3)20(18)10-12-22(16,19)2/h4,15-20H,1,5-14H2,2-3H3,(H,24,25)/t15?,16-,17-,18-,19-,20-,22+,23-/m0/s1. The van der Waals surface area contributed by atoms with Gasteiger partial charge in [-0.1, -0.05) is 19.9 Å². The summed E-state index contributed by atoms with van der Waals surface area (Å²) in [5.41, 5.74) is 0.984. The minimum absolute atomic E-state index is 0.391. The Bertz CT molecular complexity index is 554. The number of aliphatic carboxylic acids is 1. The lowest BCUT2D eigenvalue weighted by Gasteiger charge is -2.61. The Morgan fingerprint density at radius 1 is 1.04 bits per heavy atom. The fourth-order valence-electron chi connectivity index (χ4n) is 8.21. The topological polar surface area (TPSA) is 37.3 Å². The van der Waals surface area contributed by atoms with Crippen LogP contribution in [0.3, 0.4) is 0 Å². The highest BCUT2D eigenvalue weighted by molar-refractivity contribution is 5.67. The number of carbonyl (C=O) groups is 1. The molecule has 0 bridgehead atoms. The third kappa shape index (κ3) is 2.61. The van der Waals surface area contributed by atoms with E-state index >= 15 is 0 Å². The molecule has 4 aliphatic rings. The van der Waals surface area contributed by atoms with Gasteiger partial charge in [0.2, 0.25) is 0 Å². The van der Waals surface area contributed by atoms with Crippen molar-refractivity contribution in [1.82, 2.24) is 0 Å². The Balaban J connectivity index is 1.53. The average molecular weight is 345 g/mol. The van der Waals surface area contributed by atoms with Crippen molar-refractivity contribution < 1.29 is 9.90 Å². The molecule has 0 heterocycles. The highest BCUT2D eigenvalue weighted by Crippen LogP contribution is 2.67. The Hall–Kier alpha value is -0.790. The molecule has 2 nitrogen and oxygen atoms in total. The molecule has 4 fully saturated rings. The van der Waals surface area contributed by atoms with E-state index in [2.05, 4.69) is 26.5 Å². The molecular formula is C23H36O2. The average Bonchev–Trinajstić information content (AvgIpc) is 2.91. The molecule has 140 valence electrons. The van der Waals surface area contributed by atoms with Crippen LogP contribution in [0.25, 0.3) is 0 Å². The van der Waals surface area contributed by atoms with Crippen molar-refractivity contribution in [2.24, 2.45) is 46.3 Å². The normalized spacial score (nSPS) is 51.9. The molecule has 0 spiro atoms. The van der Waals surface area contributed by atoms with Crippen LogP contribution >= 0.6 is 0 Å². The third-order valence-corrected chi connectivity index (χ3v) is 9.60. The lowest BCUT2D eigenvalue weighted by molar-refractivity contribution is -0.141. The lowest BCUT2D eigenvalue weighted by atomic mass is 9.44. The van der Waals surface area contributed by atoms with Crippen LogP contribution in [0.5, 0.6) is 0 Å². The molecule has 4 aliphatic carbocycles. The molecule has 1 N–H and O–H groups in total. The molecule has 0 aliphatic heterocycles. The number of hydrogen-bond acceptors (Lipinski definition) is 1. The maximum Gasteiger partial charge on any atom is 0.303 e. The lowest BCUT2D eigenvalue weighted by Crippen LogP contribution is -2.53. The molecule has 0 amide bonds. The highest BCUT2D eigenvalue weighted by Gasteiger charge is 2.59. The first-order valence-corrected chi connectivity index (χ1v) is 10.7. The summed E-state index contributed by atoms with van der Waals surface area (Å²) >= 11 is 0. The van der Waals surface area contributed by atoms with Crippen LogP contribution in [0.15, 0.2) is 12.7 Å². The molecule has 25 heavy (non-hydrogen) atoms. The minimum atomic E-state index is -0.600. The van der Waals surface area contributed by atoms with Gasteiger partial charge in [-0.25, -0.2) is 0 Å². The monoisotopic (exact) mass is 344 g/mol. The van der Waals surface area contributed by atoms with E-state index in [-0.39, 0.29) is 0 Å². The Morgan fingerprint density at radius 2 is 1.76 bits per heavy atom. The molecule has 0 aromatic carbocycles. The van der Waals surface area contributed by atoms with Gasteiger partial charge in [-0.15, -0.1) is 6.58 Å². The van der Waals surface area contributed by atoms with Gasteiger partial charge in [0.05, 0.1) is 0 Å². The van der Waals surface area contributed by atoms with Gasteiger partial charge in [-0.3, -0.25) is 4.79 Å². The van der Waals surface area contributed by atoms with Crippen molar-refractivity contribution in [3.05, 3.63) is 12.7 Å². The first-order chi connectivity index (χ1) is 11.9. The second-order valence-electron chi connectivity index (χ2n) is 10.4. The molecule has 0 aromatic rings. The summed E-state index contributed by atoms with van der Waals surface area (Å²) in [6.45, 7) is 9.28. The Morgan fingerprint density at radius 3 is 2.48 bits per heavy atom. The largest absolute Gasteiger partial charge is 0.481 e. The number of allylic oxidation sites excluding steroid dienone is 1. The Labute approximate surface area is 153 Å². The molecule has 4 saturated carbocycles. The van der Waals surface area contributed by atoms with Gasteiger partial charge < -0.3 is 5.11 Å². The summed E-state index contributed by atoms with van der Waals surface area (Å²) in [5, 5.41) is 9.18. The number of carboxylic acids is 1. The molecule has 2 heteroatoms. The number of fused-ring (bicyclic) bond motifs is 5. The van der Waals surface area contributed by atoms with E-state index in [1.807, 2.05) is 0 Å². The predicted molar refractivity (Wildman–Crippen MR) is 101 cm³/mol. The molecular weight excluding hydrogens is 308 g/mol. The van der Waals surface area contributed by atoms with Crippen LogP contribution in [-0.4, -0.2) is 11.1 Å². The molecule has 8 atom stereocenters. The fraction of sp³-hybridized carbons (Fsp3) is 0.870. The summed E-state index contributed by atoms with van der Waals surface area (Å²) in [6.07, 6.45) is 14.5. The van der Waals surface area contributed by atoms with E-state index in [1.165, 1.54) is 51.4 Å². The van der Waals surface area contributed by atoms with Crippen LogP contribution < -0.4 is 0 Å². The van der Waals surface area contributed by atoms with Crippen LogP contribution in [-0.2, 0) is 4.79 Å². The number of carboxylic acid groups (broad SMARTS) is 1. The quantitative estimate of drug-likeness (QED) is 0.645. The third-order valence-electron chi connectivity index (χ3n) is 9.60. The number of hydrogen-bond donors (Lipinski definition) is 1. The maximum absolute atomic E-state index is 11.1. The van der Waals surface area contributed by atoms with Gasteiger partial charge in [0, 0.05) is 6.42 Å². The van der Waals surface area contributed by atoms with Gasteiger partial charge in [0.1, 0.15) is 0 Å². The minimum Gasteiger partial charge on any atom is -0.481 e. The molecule has 0 aromatic heterocycles. The van der Waals surface area contributed by atoms with E-state index in [0.717, 1.165) is 36.0 Å². The van der Waals surface area contributed by atoms with Crippen LogP contribution in [0.1, 0.15) is 78.1 Å². The van der Waals surface area contributed by atoms with E-state index in [4.69, 9.17) is 0 Å². The first kappa shape index (κ1) is 17.6. The van der Waals surface area contributed by atoms with Crippen molar-refractivity contribution in [2.75, 3.05) is 0 Å². The molecule has 4 rings (SSSR count). The molecule has 0 saturated heterocycles. The highest BCUT2D eigenvalue weighted by atomic mass is 16.4. The summed E-state index contributed by atoms with van der Waals surface area (Å²) in [4.78, 5) is 11.1. The summed E-state index contributed by atoms with van der Waals surface area (Å²) in [5.74, 6) is 4.04. The van der Waals surface area contributed by atoms with Crippen molar-refractivity contribution in [3.63, 3.8) is 0 Å².